The zero-order valence-electron chi connectivity index (χ0n) is 17.9. The van der Waals surface area contributed by atoms with Crippen LogP contribution in [0, 0.1) is 12.8 Å². The number of phenolic OH excluding ortho intramolecular Hbond substituents is 1. The van der Waals surface area contributed by atoms with Crippen LogP contribution in [0.4, 0.5) is 0 Å². The van der Waals surface area contributed by atoms with Crippen LogP contribution in [-0.4, -0.2) is 5.11 Å². The first-order chi connectivity index (χ1) is 12.5. The van der Waals surface area contributed by atoms with E-state index in [1.165, 1.54) is 18.4 Å². The molecule has 1 aliphatic rings. The zero-order valence-corrected chi connectivity index (χ0v) is 17.9. The van der Waals surface area contributed by atoms with Crippen LogP contribution in [0.3, 0.4) is 0 Å². The van der Waals surface area contributed by atoms with Crippen LogP contribution in [0.1, 0.15) is 77.5 Å². The van der Waals surface area contributed by atoms with Crippen molar-refractivity contribution in [2.75, 3.05) is 0 Å². The first kappa shape index (κ1) is 19.8. The maximum absolute atomic E-state index is 10.9. The summed E-state index contributed by atoms with van der Waals surface area (Å²) in [6, 6.07) is 10.5. The Hall–Kier alpha value is -1.96. The van der Waals surface area contributed by atoms with Crippen molar-refractivity contribution in [3.63, 3.8) is 0 Å². The molecule has 2 aromatic carbocycles. The van der Waals surface area contributed by atoms with Gasteiger partial charge in [-0.2, -0.15) is 0 Å². The number of rotatable bonds is 5. The second-order valence-electron chi connectivity index (χ2n) is 9.70. The third-order valence-corrected chi connectivity index (χ3v) is 5.90. The van der Waals surface area contributed by atoms with Crippen molar-refractivity contribution in [1.29, 1.82) is 0 Å². The van der Waals surface area contributed by atoms with Crippen molar-refractivity contribution in [2.24, 2.45) is 5.92 Å². The summed E-state index contributed by atoms with van der Waals surface area (Å²) in [5.74, 6) is 1.84. The van der Waals surface area contributed by atoms with Gasteiger partial charge in [0.25, 0.3) is 0 Å². The van der Waals surface area contributed by atoms with Gasteiger partial charge in [-0.05, 0) is 61.8 Å². The van der Waals surface area contributed by atoms with Gasteiger partial charge in [0.05, 0.1) is 5.56 Å². The van der Waals surface area contributed by atoms with Gasteiger partial charge in [-0.3, -0.25) is 0 Å². The highest BCUT2D eigenvalue weighted by atomic mass is 16.5. The van der Waals surface area contributed by atoms with Crippen molar-refractivity contribution in [3.8, 4) is 22.6 Å². The number of aryl methyl sites for hydroxylation is 1. The Kier molecular flexibility index (Phi) is 5.05. The molecule has 0 spiro atoms. The average molecular weight is 367 g/mol. The lowest BCUT2D eigenvalue weighted by atomic mass is 9.77. The van der Waals surface area contributed by atoms with E-state index >= 15 is 0 Å². The summed E-state index contributed by atoms with van der Waals surface area (Å²) in [5, 5.41) is 10.9. The van der Waals surface area contributed by atoms with Gasteiger partial charge in [0.15, 0.2) is 0 Å². The highest BCUT2D eigenvalue weighted by Gasteiger charge is 2.35. The predicted octanol–water partition coefficient (Wildman–Crippen LogP) is 7.10. The van der Waals surface area contributed by atoms with E-state index in [2.05, 4.69) is 72.7 Å². The molecule has 27 heavy (non-hydrogen) atoms. The molecule has 2 nitrogen and oxygen atoms in total. The van der Waals surface area contributed by atoms with Gasteiger partial charge in [0.1, 0.15) is 17.1 Å². The second-order valence-corrected chi connectivity index (χ2v) is 9.70. The summed E-state index contributed by atoms with van der Waals surface area (Å²) in [4.78, 5) is 0. The van der Waals surface area contributed by atoms with Crippen LogP contribution in [-0.2, 0) is 11.0 Å². The molecule has 0 fully saturated rings. The standard InChI is InChI=1S/C25H34O2/c1-16(2)9-8-12-24(4,5)18-14-21(26)23-19-13-17(3)10-11-20(19)25(6,7)27-22(23)15-18/h10-11,13-16,26H,8-9,12H2,1-7H3. The SMILES string of the molecule is Cc1ccc2c(c1)-c1c(O)cc(C(C)(C)CCCC(C)C)cc1OC2(C)C. The summed E-state index contributed by atoms with van der Waals surface area (Å²) in [5.41, 5.74) is 4.96. The van der Waals surface area contributed by atoms with Crippen LogP contribution in [0.15, 0.2) is 30.3 Å². The average Bonchev–Trinajstić information content (AvgIpc) is 2.52. The molecule has 146 valence electrons. The highest BCUT2D eigenvalue weighted by molar-refractivity contribution is 5.82. The lowest BCUT2D eigenvalue weighted by Gasteiger charge is -2.37. The third-order valence-electron chi connectivity index (χ3n) is 5.90. The first-order valence-electron chi connectivity index (χ1n) is 10.2. The molecule has 0 radical (unpaired) electrons. The van der Waals surface area contributed by atoms with Gasteiger partial charge < -0.3 is 9.84 Å². The van der Waals surface area contributed by atoms with E-state index in [1.54, 1.807) is 0 Å². The smallest absolute Gasteiger partial charge is 0.132 e. The second kappa shape index (κ2) is 6.89. The Balaban J connectivity index is 2.04. The van der Waals surface area contributed by atoms with Gasteiger partial charge in [-0.25, -0.2) is 0 Å². The molecule has 0 amide bonds. The van der Waals surface area contributed by atoms with Crippen molar-refractivity contribution in [2.45, 2.75) is 78.7 Å². The number of benzene rings is 2. The molecular formula is C25H34O2. The molecule has 1 aliphatic heterocycles. The van der Waals surface area contributed by atoms with Gasteiger partial charge in [0.2, 0.25) is 0 Å². The summed E-state index contributed by atoms with van der Waals surface area (Å²) < 4.78 is 6.38. The van der Waals surface area contributed by atoms with Crippen molar-refractivity contribution in [3.05, 3.63) is 47.0 Å². The minimum Gasteiger partial charge on any atom is -0.507 e. The zero-order chi connectivity index (χ0) is 20.0. The van der Waals surface area contributed by atoms with Crippen LogP contribution in [0.2, 0.25) is 0 Å². The highest BCUT2D eigenvalue weighted by Crippen LogP contribution is 2.51. The maximum Gasteiger partial charge on any atom is 0.132 e. The molecule has 0 aromatic heterocycles. The Morgan fingerprint density at radius 2 is 1.81 bits per heavy atom. The predicted molar refractivity (Wildman–Crippen MR) is 114 cm³/mol. The minimum absolute atomic E-state index is 0.00177. The van der Waals surface area contributed by atoms with E-state index in [9.17, 15) is 5.11 Å². The van der Waals surface area contributed by atoms with Crippen LogP contribution in [0.5, 0.6) is 11.5 Å². The largest absolute Gasteiger partial charge is 0.507 e. The van der Waals surface area contributed by atoms with E-state index in [0.29, 0.717) is 5.75 Å². The van der Waals surface area contributed by atoms with E-state index in [-0.39, 0.29) is 5.41 Å². The number of hydrogen-bond donors (Lipinski definition) is 1. The summed E-state index contributed by atoms with van der Waals surface area (Å²) in [7, 11) is 0. The molecule has 1 N–H and O–H groups in total. The fourth-order valence-electron chi connectivity index (χ4n) is 4.16. The quantitative estimate of drug-likeness (QED) is 0.611. The molecule has 0 aliphatic carbocycles. The molecule has 3 rings (SSSR count). The Morgan fingerprint density at radius 3 is 2.48 bits per heavy atom. The van der Waals surface area contributed by atoms with Gasteiger partial charge in [-0.1, -0.05) is 64.3 Å². The summed E-state index contributed by atoms with van der Waals surface area (Å²) in [6.07, 6.45) is 3.52. The van der Waals surface area contributed by atoms with Crippen LogP contribution in [0.25, 0.3) is 11.1 Å². The van der Waals surface area contributed by atoms with E-state index < -0.39 is 5.60 Å². The normalized spacial score (nSPS) is 15.3. The monoisotopic (exact) mass is 366 g/mol. The lowest BCUT2D eigenvalue weighted by molar-refractivity contribution is 0.105. The minimum atomic E-state index is -0.414. The van der Waals surface area contributed by atoms with Gasteiger partial charge in [0, 0.05) is 5.56 Å². The molecule has 2 heteroatoms. The maximum atomic E-state index is 10.9. The molecule has 0 saturated carbocycles. The number of aromatic hydroxyl groups is 1. The molecule has 2 aromatic rings. The summed E-state index contributed by atoms with van der Waals surface area (Å²) >= 11 is 0. The third kappa shape index (κ3) is 3.85. The van der Waals surface area contributed by atoms with Crippen molar-refractivity contribution >= 4 is 0 Å². The number of phenols is 1. The van der Waals surface area contributed by atoms with Crippen LogP contribution < -0.4 is 4.74 Å². The van der Waals surface area contributed by atoms with E-state index in [4.69, 9.17) is 4.74 Å². The van der Waals surface area contributed by atoms with Crippen molar-refractivity contribution in [1.82, 2.24) is 0 Å². The molecular weight excluding hydrogens is 332 g/mol. The fraction of sp³-hybridized carbons (Fsp3) is 0.520. The Bertz CT molecular complexity index is 844. The van der Waals surface area contributed by atoms with Crippen LogP contribution >= 0.6 is 0 Å². The number of fused-ring (bicyclic) bond motifs is 3. The van der Waals surface area contributed by atoms with Gasteiger partial charge >= 0.3 is 0 Å². The topological polar surface area (TPSA) is 29.5 Å². The number of hydrogen-bond acceptors (Lipinski definition) is 2. The number of ether oxygens (including phenoxy) is 1. The van der Waals surface area contributed by atoms with E-state index in [0.717, 1.165) is 40.3 Å². The summed E-state index contributed by atoms with van der Waals surface area (Å²) in [6.45, 7) is 15.4. The molecule has 0 bridgehead atoms. The molecule has 1 heterocycles. The fourth-order valence-corrected chi connectivity index (χ4v) is 4.16. The van der Waals surface area contributed by atoms with E-state index in [1.807, 2.05) is 6.07 Å². The molecule has 0 saturated heterocycles. The lowest BCUT2D eigenvalue weighted by Crippen LogP contribution is -2.30. The molecule has 0 atom stereocenters. The molecule has 0 unspecified atom stereocenters. The Morgan fingerprint density at radius 1 is 1.11 bits per heavy atom. The Labute approximate surface area is 164 Å². The van der Waals surface area contributed by atoms with Crippen molar-refractivity contribution < 1.29 is 9.84 Å². The van der Waals surface area contributed by atoms with Gasteiger partial charge in [-0.15, -0.1) is 0 Å². The first-order valence-corrected chi connectivity index (χ1v) is 10.2.